The van der Waals surface area contributed by atoms with E-state index in [9.17, 15) is 9.90 Å². The summed E-state index contributed by atoms with van der Waals surface area (Å²) >= 11 is 0. The van der Waals surface area contributed by atoms with Crippen molar-refractivity contribution in [2.75, 3.05) is 19.5 Å². The number of anilines is 1. The van der Waals surface area contributed by atoms with Gasteiger partial charge in [0, 0.05) is 25.0 Å². The summed E-state index contributed by atoms with van der Waals surface area (Å²) in [5.41, 5.74) is 8.81. The molecule has 0 atom stereocenters. The second-order valence-electron chi connectivity index (χ2n) is 6.28. The second kappa shape index (κ2) is 7.70. The van der Waals surface area contributed by atoms with Crippen LogP contribution < -0.4 is 5.73 Å². The molecule has 2 heterocycles. The number of methoxy groups -OCH3 is 1. The fraction of sp³-hybridized carbons (Fsp3) is 0.421. The van der Waals surface area contributed by atoms with Crippen molar-refractivity contribution in [2.24, 2.45) is 0 Å². The number of carbonyl (C=O) groups is 1. The standard InChI is InChI=1S/C19H24N4O3/c1-3-4-6-15-22-16-17(23(15)9-5-10-24)13-8-7-12(19(25)26-2)11-14(13)21-18(16)20/h7-8,11,24H,3-6,9-10H2,1-2H3,(H2,20,21). The molecule has 0 spiro atoms. The van der Waals surface area contributed by atoms with Crippen LogP contribution >= 0.6 is 0 Å². The second-order valence-corrected chi connectivity index (χ2v) is 6.28. The minimum Gasteiger partial charge on any atom is -0.465 e. The Hall–Kier alpha value is -2.67. The first kappa shape index (κ1) is 18.1. The zero-order chi connectivity index (χ0) is 18.7. The molecule has 0 saturated heterocycles. The van der Waals surface area contributed by atoms with E-state index in [2.05, 4.69) is 16.5 Å². The van der Waals surface area contributed by atoms with Crippen LogP contribution in [0.5, 0.6) is 0 Å². The molecule has 0 aliphatic rings. The lowest BCUT2D eigenvalue weighted by Gasteiger charge is -2.10. The molecule has 0 amide bonds. The highest BCUT2D eigenvalue weighted by atomic mass is 16.5. The Labute approximate surface area is 151 Å². The van der Waals surface area contributed by atoms with E-state index in [-0.39, 0.29) is 6.61 Å². The number of hydrogen-bond acceptors (Lipinski definition) is 6. The number of aliphatic hydroxyl groups is 1. The topological polar surface area (TPSA) is 103 Å². The molecule has 138 valence electrons. The number of aromatic nitrogens is 3. The van der Waals surface area contributed by atoms with Gasteiger partial charge in [-0.15, -0.1) is 0 Å². The Morgan fingerprint density at radius 2 is 2.12 bits per heavy atom. The molecule has 0 fully saturated rings. The fourth-order valence-electron chi connectivity index (χ4n) is 3.20. The molecule has 3 rings (SSSR count). The molecule has 7 heteroatoms. The molecule has 2 aromatic heterocycles. The summed E-state index contributed by atoms with van der Waals surface area (Å²) in [4.78, 5) is 21.0. The molecule has 0 bridgehead atoms. The minimum atomic E-state index is -0.412. The number of aliphatic hydroxyl groups excluding tert-OH is 1. The van der Waals surface area contributed by atoms with Crippen molar-refractivity contribution >= 4 is 33.7 Å². The number of esters is 1. The molecule has 26 heavy (non-hydrogen) atoms. The Balaban J connectivity index is 2.25. The molecule has 1 aromatic carbocycles. The van der Waals surface area contributed by atoms with Crippen LogP contribution in [0.2, 0.25) is 0 Å². The molecule has 0 saturated carbocycles. The van der Waals surface area contributed by atoms with E-state index in [1.165, 1.54) is 7.11 Å². The highest BCUT2D eigenvalue weighted by molar-refractivity contribution is 6.08. The molecule has 0 aliphatic heterocycles. The van der Waals surface area contributed by atoms with Crippen molar-refractivity contribution in [3.8, 4) is 0 Å². The summed E-state index contributed by atoms with van der Waals surface area (Å²) in [6.07, 6.45) is 3.58. The third-order valence-electron chi connectivity index (χ3n) is 4.50. The first-order valence-electron chi connectivity index (χ1n) is 8.88. The monoisotopic (exact) mass is 356 g/mol. The fourth-order valence-corrected chi connectivity index (χ4v) is 3.20. The van der Waals surface area contributed by atoms with Gasteiger partial charge in [0.05, 0.1) is 23.7 Å². The number of pyridine rings is 1. The van der Waals surface area contributed by atoms with Crippen LogP contribution in [0.25, 0.3) is 21.9 Å². The zero-order valence-electron chi connectivity index (χ0n) is 15.2. The van der Waals surface area contributed by atoms with E-state index in [0.29, 0.717) is 35.4 Å². The van der Waals surface area contributed by atoms with E-state index in [0.717, 1.165) is 36.0 Å². The van der Waals surface area contributed by atoms with Crippen molar-refractivity contribution in [3.63, 3.8) is 0 Å². The number of nitrogen functional groups attached to an aromatic ring is 1. The Morgan fingerprint density at radius 3 is 2.81 bits per heavy atom. The van der Waals surface area contributed by atoms with Crippen molar-refractivity contribution in [1.82, 2.24) is 14.5 Å². The lowest BCUT2D eigenvalue weighted by molar-refractivity contribution is 0.0601. The van der Waals surface area contributed by atoms with Gasteiger partial charge in [0.1, 0.15) is 11.3 Å². The van der Waals surface area contributed by atoms with Gasteiger partial charge >= 0.3 is 5.97 Å². The summed E-state index contributed by atoms with van der Waals surface area (Å²) < 4.78 is 6.91. The average molecular weight is 356 g/mol. The smallest absolute Gasteiger partial charge is 0.337 e. The Morgan fingerprint density at radius 1 is 1.31 bits per heavy atom. The number of unbranched alkanes of at least 4 members (excludes halogenated alkanes) is 1. The molecule has 0 radical (unpaired) electrons. The number of benzene rings is 1. The average Bonchev–Trinajstić information content (AvgIpc) is 3.02. The number of carbonyl (C=O) groups excluding carboxylic acids is 1. The summed E-state index contributed by atoms with van der Waals surface area (Å²) in [5, 5.41) is 10.2. The summed E-state index contributed by atoms with van der Waals surface area (Å²) in [5.74, 6) is 0.883. The first-order chi connectivity index (χ1) is 12.6. The van der Waals surface area contributed by atoms with Crippen LogP contribution in [0.15, 0.2) is 18.2 Å². The third-order valence-corrected chi connectivity index (χ3v) is 4.50. The van der Waals surface area contributed by atoms with E-state index in [1.54, 1.807) is 12.1 Å². The van der Waals surface area contributed by atoms with Gasteiger partial charge in [0.25, 0.3) is 0 Å². The zero-order valence-corrected chi connectivity index (χ0v) is 15.2. The van der Waals surface area contributed by atoms with Crippen LogP contribution in [0.3, 0.4) is 0 Å². The lowest BCUT2D eigenvalue weighted by atomic mass is 10.1. The van der Waals surface area contributed by atoms with Gasteiger partial charge in [0.15, 0.2) is 5.82 Å². The van der Waals surface area contributed by atoms with Gasteiger partial charge in [-0.3, -0.25) is 0 Å². The predicted octanol–water partition coefficient (Wildman–Crippen LogP) is 2.68. The predicted molar refractivity (Wildman–Crippen MR) is 101 cm³/mol. The number of fused-ring (bicyclic) bond motifs is 3. The number of nitrogens with zero attached hydrogens (tertiary/aromatic N) is 3. The van der Waals surface area contributed by atoms with Crippen LogP contribution in [-0.4, -0.2) is 39.3 Å². The molecule has 3 N–H and O–H groups in total. The SMILES string of the molecule is CCCCc1nc2c(N)nc3cc(C(=O)OC)ccc3c2n1CCCO. The van der Waals surface area contributed by atoms with Crippen molar-refractivity contribution in [3.05, 3.63) is 29.6 Å². The van der Waals surface area contributed by atoms with Crippen molar-refractivity contribution in [2.45, 2.75) is 39.2 Å². The highest BCUT2D eigenvalue weighted by Crippen LogP contribution is 2.30. The van der Waals surface area contributed by atoms with Crippen molar-refractivity contribution in [1.29, 1.82) is 0 Å². The normalized spacial score (nSPS) is 11.3. The van der Waals surface area contributed by atoms with Gasteiger partial charge in [-0.1, -0.05) is 13.3 Å². The molecular weight excluding hydrogens is 332 g/mol. The molecule has 3 aromatic rings. The lowest BCUT2D eigenvalue weighted by Crippen LogP contribution is -2.06. The van der Waals surface area contributed by atoms with Gasteiger partial charge in [-0.2, -0.15) is 0 Å². The Bertz CT molecular complexity index is 949. The summed E-state index contributed by atoms with van der Waals surface area (Å²) in [6, 6.07) is 5.27. The molecule has 0 aliphatic carbocycles. The molecular formula is C19H24N4O3. The number of hydrogen-bond donors (Lipinski definition) is 2. The quantitative estimate of drug-likeness (QED) is 0.631. The van der Waals surface area contributed by atoms with Gasteiger partial charge in [0.2, 0.25) is 0 Å². The third kappa shape index (κ3) is 3.22. The van der Waals surface area contributed by atoms with Crippen molar-refractivity contribution < 1.29 is 14.6 Å². The van der Waals surface area contributed by atoms with E-state index >= 15 is 0 Å². The minimum absolute atomic E-state index is 0.109. The van der Waals surface area contributed by atoms with Crippen LogP contribution in [0.1, 0.15) is 42.4 Å². The highest BCUT2D eigenvalue weighted by Gasteiger charge is 2.18. The summed E-state index contributed by atoms with van der Waals surface area (Å²) in [6.45, 7) is 2.90. The van der Waals surface area contributed by atoms with E-state index in [4.69, 9.17) is 15.5 Å². The number of nitrogens with two attached hydrogens (primary N) is 1. The summed E-state index contributed by atoms with van der Waals surface area (Å²) in [7, 11) is 1.35. The van der Waals surface area contributed by atoms with Crippen LogP contribution in [0, 0.1) is 0 Å². The maximum Gasteiger partial charge on any atom is 0.337 e. The molecule has 7 nitrogen and oxygen atoms in total. The number of aryl methyl sites for hydroxylation is 2. The first-order valence-corrected chi connectivity index (χ1v) is 8.88. The number of imidazole rings is 1. The largest absolute Gasteiger partial charge is 0.465 e. The maximum absolute atomic E-state index is 11.8. The number of rotatable bonds is 7. The van der Waals surface area contributed by atoms with E-state index in [1.807, 2.05) is 6.07 Å². The van der Waals surface area contributed by atoms with Crippen LogP contribution in [0.4, 0.5) is 5.82 Å². The van der Waals surface area contributed by atoms with Gasteiger partial charge in [-0.25, -0.2) is 14.8 Å². The van der Waals surface area contributed by atoms with Crippen LogP contribution in [-0.2, 0) is 17.7 Å². The van der Waals surface area contributed by atoms with Gasteiger partial charge < -0.3 is 20.1 Å². The van der Waals surface area contributed by atoms with Gasteiger partial charge in [-0.05, 0) is 31.0 Å². The molecule has 0 unspecified atom stereocenters. The van der Waals surface area contributed by atoms with E-state index < -0.39 is 5.97 Å². The Kier molecular flexibility index (Phi) is 5.37. The maximum atomic E-state index is 11.8. The number of ether oxygens (including phenoxy) is 1.